The molecular weight excluding hydrogens is 146 g/mol. The predicted molar refractivity (Wildman–Crippen MR) is 38.8 cm³/mol. The summed E-state index contributed by atoms with van der Waals surface area (Å²) in [5, 5.41) is 13.8. The fourth-order valence-corrected chi connectivity index (χ4v) is 0.821. The Balaban J connectivity index is 2.45. The fourth-order valence-electron chi connectivity index (χ4n) is 0.821. The van der Waals surface area contributed by atoms with Gasteiger partial charge in [-0.25, -0.2) is 0 Å². The zero-order chi connectivity index (χ0) is 8.27. The second kappa shape index (κ2) is 3.14. The Morgan fingerprint density at radius 2 is 2.55 bits per heavy atom. The van der Waals surface area contributed by atoms with Gasteiger partial charge in [-0.1, -0.05) is 0 Å². The van der Waals surface area contributed by atoms with Crippen molar-refractivity contribution in [2.75, 3.05) is 6.54 Å². The largest absolute Gasteiger partial charge is 0.276 e. The van der Waals surface area contributed by atoms with E-state index in [-0.39, 0.29) is 11.5 Å². The van der Waals surface area contributed by atoms with Gasteiger partial charge in [0.2, 0.25) is 6.54 Å². The lowest BCUT2D eigenvalue weighted by Crippen LogP contribution is -2.03. The maximum absolute atomic E-state index is 9.96. The number of aryl methyl sites for hydroxylation is 1. The van der Waals surface area contributed by atoms with E-state index in [1.165, 1.54) is 0 Å². The van der Waals surface area contributed by atoms with E-state index in [9.17, 15) is 10.1 Å². The van der Waals surface area contributed by atoms with Crippen LogP contribution in [0.25, 0.3) is 0 Å². The van der Waals surface area contributed by atoms with Gasteiger partial charge in [-0.05, 0) is 5.56 Å². The number of rotatable bonds is 3. The van der Waals surface area contributed by atoms with Gasteiger partial charge in [0, 0.05) is 24.6 Å². The van der Waals surface area contributed by atoms with Gasteiger partial charge < -0.3 is 0 Å². The number of nitro groups is 1. The van der Waals surface area contributed by atoms with Crippen molar-refractivity contribution in [1.29, 1.82) is 0 Å². The maximum atomic E-state index is 9.96. The van der Waals surface area contributed by atoms with Crippen molar-refractivity contribution in [3.8, 4) is 0 Å². The molecule has 0 unspecified atom stereocenters. The molecule has 1 heterocycles. The Kier molecular flexibility index (Phi) is 2.20. The molecule has 1 aromatic heterocycles. The summed E-state index contributed by atoms with van der Waals surface area (Å²) in [5.41, 5.74) is 0.907. The molecule has 11 heavy (non-hydrogen) atoms. The average molecular weight is 155 g/mol. The third-order valence-electron chi connectivity index (χ3n) is 1.34. The minimum Gasteiger partial charge on any atom is -0.276 e. The molecular formula is C6H9N3O2. The quantitative estimate of drug-likeness (QED) is 0.464. The highest BCUT2D eigenvalue weighted by atomic mass is 16.6. The van der Waals surface area contributed by atoms with Crippen LogP contribution in [0.1, 0.15) is 5.56 Å². The van der Waals surface area contributed by atoms with Crippen LogP contribution in [0.3, 0.4) is 0 Å². The summed E-state index contributed by atoms with van der Waals surface area (Å²) >= 11 is 0. The van der Waals surface area contributed by atoms with Crippen molar-refractivity contribution in [1.82, 2.24) is 9.78 Å². The van der Waals surface area contributed by atoms with Crippen molar-refractivity contribution >= 4 is 0 Å². The highest BCUT2D eigenvalue weighted by molar-refractivity contribution is 5.03. The van der Waals surface area contributed by atoms with Crippen LogP contribution < -0.4 is 0 Å². The zero-order valence-corrected chi connectivity index (χ0v) is 6.23. The molecule has 1 rings (SSSR count). The lowest BCUT2D eigenvalue weighted by atomic mass is 10.3. The Labute approximate surface area is 63.8 Å². The molecule has 5 heteroatoms. The summed E-state index contributed by atoms with van der Waals surface area (Å²) in [6.07, 6.45) is 3.88. The second-order valence-corrected chi connectivity index (χ2v) is 2.33. The third-order valence-corrected chi connectivity index (χ3v) is 1.34. The van der Waals surface area contributed by atoms with E-state index in [1.54, 1.807) is 24.1 Å². The summed E-state index contributed by atoms with van der Waals surface area (Å²) in [7, 11) is 1.79. The Hall–Kier alpha value is -1.39. The van der Waals surface area contributed by atoms with Gasteiger partial charge in [0.05, 0.1) is 6.20 Å². The van der Waals surface area contributed by atoms with E-state index in [4.69, 9.17) is 0 Å². The van der Waals surface area contributed by atoms with E-state index in [0.29, 0.717) is 6.42 Å². The van der Waals surface area contributed by atoms with E-state index >= 15 is 0 Å². The van der Waals surface area contributed by atoms with Crippen LogP contribution in [0.2, 0.25) is 0 Å². The van der Waals surface area contributed by atoms with Gasteiger partial charge in [-0.15, -0.1) is 0 Å². The third kappa shape index (κ3) is 2.37. The van der Waals surface area contributed by atoms with Gasteiger partial charge in [0.15, 0.2) is 0 Å². The molecule has 0 aliphatic heterocycles. The summed E-state index contributed by atoms with van der Waals surface area (Å²) < 4.78 is 1.63. The first kappa shape index (κ1) is 7.71. The van der Waals surface area contributed by atoms with E-state index in [0.717, 1.165) is 5.56 Å². The van der Waals surface area contributed by atoms with Crippen LogP contribution in [-0.4, -0.2) is 21.2 Å². The Morgan fingerprint density at radius 3 is 3.00 bits per heavy atom. The molecule has 0 atom stereocenters. The number of hydrogen-bond acceptors (Lipinski definition) is 3. The maximum Gasteiger partial charge on any atom is 0.208 e. The summed E-state index contributed by atoms with van der Waals surface area (Å²) in [4.78, 5) is 9.63. The monoisotopic (exact) mass is 155 g/mol. The standard InChI is InChI=1S/C6H9N3O2/c1-8-5-6(4-7-8)2-3-9(10)11/h4-5H,2-3H2,1H3. The van der Waals surface area contributed by atoms with Crippen LogP contribution in [-0.2, 0) is 13.5 Å². The number of aromatic nitrogens is 2. The van der Waals surface area contributed by atoms with Crippen molar-refractivity contribution in [3.63, 3.8) is 0 Å². The van der Waals surface area contributed by atoms with E-state index < -0.39 is 0 Å². The molecule has 0 bridgehead atoms. The number of hydrogen-bond donors (Lipinski definition) is 0. The van der Waals surface area contributed by atoms with Crippen LogP contribution in [0.5, 0.6) is 0 Å². The first-order chi connectivity index (χ1) is 5.18. The molecule has 0 saturated heterocycles. The van der Waals surface area contributed by atoms with Crippen LogP contribution in [0.4, 0.5) is 0 Å². The van der Waals surface area contributed by atoms with Crippen LogP contribution >= 0.6 is 0 Å². The molecule has 0 aliphatic rings. The van der Waals surface area contributed by atoms with Gasteiger partial charge >= 0.3 is 0 Å². The molecule has 0 saturated carbocycles. The first-order valence-corrected chi connectivity index (χ1v) is 3.28. The molecule has 0 N–H and O–H groups in total. The van der Waals surface area contributed by atoms with E-state index in [1.807, 2.05) is 0 Å². The van der Waals surface area contributed by atoms with E-state index in [2.05, 4.69) is 5.10 Å². The Bertz CT molecular complexity index is 256. The van der Waals surface area contributed by atoms with Crippen molar-refractivity contribution in [2.45, 2.75) is 6.42 Å². The van der Waals surface area contributed by atoms with Gasteiger partial charge in [0.25, 0.3) is 0 Å². The normalized spacial score (nSPS) is 9.91. The fraction of sp³-hybridized carbons (Fsp3) is 0.500. The zero-order valence-electron chi connectivity index (χ0n) is 6.23. The highest BCUT2D eigenvalue weighted by Crippen LogP contribution is 1.96. The SMILES string of the molecule is Cn1cc(CC[N+](=O)[O-])cn1. The van der Waals surface area contributed by atoms with Crippen LogP contribution in [0.15, 0.2) is 12.4 Å². The molecule has 1 aromatic rings. The van der Waals surface area contributed by atoms with Gasteiger partial charge in [0.1, 0.15) is 0 Å². The minimum atomic E-state index is -0.326. The molecule has 5 nitrogen and oxygen atoms in total. The van der Waals surface area contributed by atoms with Crippen LogP contribution in [0, 0.1) is 10.1 Å². The van der Waals surface area contributed by atoms with Gasteiger partial charge in [-0.3, -0.25) is 14.8 Å². The second-order valence-electron chi connectivity index (χ2n) is 2.33. The molecule has 0 fully saturated rings. The lowest BCUT2D eigenvalue weighted by Gasteiger charge is -1.88. The lowest BCUT2D eigenvalue weighted by molar-refractivity contribution is -0.479. The molecule has 60 valence electrons. The average Bonchev–Trinajstić information content (AvgIpc) is 2.31. The van der Waals surface area contributed by atoms with Gasteiger partial charge in [-0.2, -0.15) is 5.10 Å². The van der Waals surface area contributed by atoms with Crippen molar-refractivity contribution < 1.29 is 4.92 Å². The Morgan fingerprint density at radius 1 is 1.82 bits per heavy atom. The molecule has 0 aromatic carbocycles. The minimum absolute atomic E-state index is 0.0221. The summed E-state index contributed by atoms with van der Waals surface area (Å²) in [6, 6.07) is 0. The summed E-state index contributed by atoms with van der Waals surface area (Å²) in [6.45, 7) is -0.0221. The topological polar surface area (TPSA) is 61.0 Å². The first-order valence-electron chi connectivity index (χ1n) is 3.28. The molecule has 0 spiro atoms. The van der Waals surface area contributed by atoms with Crippen molar-refractivity contribution in [3.05, 3.63) is 28.1 Å². The molecule has 0 aliphatic carbocycles. The smallest absolute Gasteiger partial charge is 0.208 e. The predicted octanol–water partition coefficient (Wildman–Crippen LogP) is 0.239. The summed E-state index contributed by atoms with van der Waals surface area (Å²) in [5.74, 6) is 0. The van der Waals surface area contributed by atoms with Crippen molar-refractivity contribution in [2.24, 2.45) is 7.05 Å². The highest BCUT2D eigenvalue weighted by Gasteiger charge is 2.00. The molecule has 0 amide bonds. The number of nitrogens with zero attached hydrogens (tertiary/aromatic N) is 3. The molecule has 0 radical (unpaired) electrons.